The zero-order valence-electron chi connectivity index (χ0n) is 21.8. The minimum Gasteiger partial charge on any atom is -0.489 e. The molecule has 11 heteroatoms. The molecule has 5 N–H and O–H groups in total. The van der Waals surface area contributed by atoms with E-state index < -0.39 is 12.1 Å². The number of imidazole rings is 1. The highest BCUT2D eigenvalue weighted by atomic mass is 16.5. The van der Waals surface area contributed by atoms with Crippen LogP contribution in [0.1, 0.15) is 51.5 Å². The molecular formula is C28H31N7O4. The number of primary amides is 1. The molecule has 1 aliphatic heterocycles. The van der Waals surface area contributed by atoms with Crippen molar-refractivity contribution in [3.8, 4) is 5.75 Å². The maximum absolute atomic E-state index is 13.2. The second-order valence-electron chi connectivity index (χ2n) is 9.37. The van der Waals surface area contributed by atoms with Crippen LogP contribution in [0, 0.1) is 6.92 Å². The first kappa shape index (κ1) is 26.1. The van der Waals surface area contributed by atoms with Crippen LogP contribution < -0.4 is 21.1 Å². The molecule has 0 bridgehead atoms. The van der Waals surface area contributed by atoms with Crippen molar-refractivity contribution in [2.45, 2.75) is 39.1 Å². The Morgan fingerprint density at radius 1 is 1.26 bits per heavy atom. The summed E-state index contributed by atoms with van der Waals surface area (Å²) >= 11 is 0. The Hall–Kier alpha value is -4.48. The van der Waals surface area contributed by atoms with Gasteiger partial charge in [-0.15, -0.1) is 0 Å². The van der Waals surface area contributed by atoms with E-state index in [4.69, 9.17) is 10.5 Å². The summed E-state index contributed by atoms with van der Waals surface area (Å²) in [4.78, 5) is 29.8. The van der Waals surface area contributed by atoms with Gasteiger partial charge in [-0.2, -0.15) is 5.10 Å². The van der Waals surface area contributed by atoms with Crippen molar-refractivity contribution in [2.24, 2.45) is 5.73 Å². The quantitative estimate of drug-likeness (QED) is 0.231. The Morgan fingerprint density at radius 2 is 2.05 bits per heavy atom. The SMILES string of the molecule is CCn1nc(C)cc1C(=O)Nc1nc2cc(C(N)=O)cc3c2n1[C@@H](CCNC(O)/C=C/c1ccccc1)CO3. The molecule has 2 atom stereocenters. The highest BCUT2D eigenvalue weighted by Crippen LogP contribution is 2.38. The number of aliphatic hydroxyl groups excluding tert-OH is 1. The van der Waals surface area contributed by atoms with Crippen LogP contribution >= 0.6 is 0 Å². The summed E-state index contributed by atoms with van der Waals surface area (Å²) in [7, 11) is 0. The highest BCUT2D eigenvalue weighted by Gasteiger charge is 2.29. The first-order chi connectivity index (χ1) is 18.8. The van der Waals surface area contributed by atoms with E-state index in [1.807, 2.05) is 54.8 Å². The van der Waals surface area contributed by atoms with Crippen LogP contribution in [-0.4, -0.2) is 55.6 Å². The van der Waals surface area contributed by atoms with E-state index in [9.17, 15) is 14.7 Å². The first-order valence-corrected chi connectivity index (χ1v) is 12.8. The molecule has 39 heavy (non-hydrogen) atoms. The molecule has 0 saturated heterocycles. The predicted molar refractivity (Wildman–Crippen MR) is 147 cm³/mol. The van der Waals surface area contributed by atoms with Crippen molar-refractivity contribution in [2.75, 3.05) is 18.5 Å². The number of hydrogen-bond acceptors (Lipinski definition) is 7. The van der Waals surface area contributed by atoms with Gasteiger partial charge in [0.05, 0.1) is 17.3 Å². The van der Waals surface area contributed by atoms with E-state index in [1.165, 1.54) is 0 Å². The van der Waals surface area contributed by atoms with Crippen LogP contribution in [0.15, 0.2) is 54.6 Å². The molecule has 2 amide bonds. The normalized spacial score (nSPS) is 15.4. The summed E-state index contributed by atoms with van der Waals surface area (Å²) in [5, 5.41) is 20.8. The van der Waals surface area contributed by atoms with E-state index in [-0.39, 0.29) is 24.1 Å². The van der Waals surface area contributed by atoms with Gasteiger partial charge < -0.3 is 20.1 Å². The van der Waals surface area contributed by atoms with Crippen molar-refractivity contribution in [1.82, 2.24) is 24.6 Å². The number of aliphatic hydroxyl groups is 1. The maximum Gasteiger partial charge on any atom is 0.276 e. The van der Waals surface area contributed by atoms with Gasteiger partial charge in [-0.3, -0.25) is 24.9 Å². The topological polar surface area (TPSA) is 149 Å². The Labute approximate surface area is 225 Å². The number of amides is 2. The zero-order chi connectivity index (χ0) is 27.5. The summed E-state index contributed by atoms with van der Waals surface area (Å²) in [5.41, 5.74) is 9.09. The lowest BCUT2D eigenvalue weighted by molar-refractivity contribution is 0.0995. The van der Waals surface area contributed by atoms with E-state index >= 15 is 0 Å². The number of nitrogens with zero attached hydrogens (tertiary/aromatic N) is 4. The van der Waals surface area contributed by atoms with Gasteiger partial charge in [0.25, 0.3) is 5.91 Å². The molecule has 0 aliphatic carbocycles. The van der Waals surface area contributed by atoms with Gasteiger partial charge in [0.15, 0.2) is 0 Å². The van der Waals surface area contributed by atoms with Gasteiger partial charge >= 0.3 is 0 Å². The van der Waals surface area contributed by atoms with E-state index in [1.54, 1.807) is 29.0 Å². The van der Waals surface area contributed by atoms with Crippen molar-refractivity contribution >= 4 is 34.9 Å². The molecule has 3 heterocycles. The third-order valence-electron chi connectivity index (χ3n) is 6.59. The molecule has 1 unspecified atom stereocenters. The number of ether oxygens (including phenoxy) is 1. The summed E-state index contributed by atoms with van der Waals surface area (Å²) in [6.07, 6.45) is 3.28. The minimum atomic E-state index is -0.834. The number of benzene rings is 2. The van der Waals surface area contributed by atoms with Crippen LogP contribution in [0.5, 0.6) is 5.75 Å². The van der Waals surface area contributed by atoms with E-state index in [0.717, 1.165) is 11.3 Å². The lowest BCUT2D eigenvalue weighted by atomic mass is 10.1. The second kappa shape index (κ2) is 11.1. The molecule has 4 aromatic rings. The molecule has 5 rings (SSSR count). The minimum absolute atomic E-state index is 0.201. The third kappa shape index (κ3) is 5.54. The molecule has 2 aromatic heterocycles. The van der Waals surface area contributed by atoms with Gasteiger partial charge in [-0.1, -0.05) is 36.4 Å². The molecule has 0 fully saturated rings. The number of nitrogens with one attached hydrogen (secondary N) is 2. The molecule has 2 aromatic carbocycles. The second-order valence-corrected chi connectivity index (χ2v) is 9.37. The average Bonchev–Trinajstić information content (AvgIpc) is 3.50. The van der Waals surface area contributed by atoms with Crippen molar-refractivity contribution in [3.05, 3.63) is 77.1 Å². The Bertz CT molecular complexity index is 1540. The van der Waals surface area contributed by atoms with Gasteiger partial charge in [-0.25, -0.2) is 4.98 Å². The fourth-order valence-electron chi connectivity index (χ4n) is 4.73. The number of rotatable bonds is 10. The van der Waals surface area contributed by atoms with Crippen molar-refractivity contribution < 1.29 is 19.4 Å². The number of carbonyl (C=O) groups excluding carboxylic acids is 2. The number of aromatic nitrogens is 4. The van der Waals surface area contributed by atoms with Gasteiger partial charge in [-0.05, 0) is 56.7 Å². The Balaban J connectivity index is 1.39. The fraction of sp³-hybridized carbons (Fsp3) is 0.286. The lowest BCUT2D eigenvalue weighted by Gasteiger charge is -2.27. The standard InChI is InChI=1S/C28H31N7O4/c1-3-34-22(13-17(2)33-34)27(38)32-28-31-21-14-19(26(29)37)15-23-25(21)35(28)20(16-39-23)11-12-30-24(36)10-9-18-7-5-4-6-8-18/h4-10,13-15,20,24,30,36H,3,11-12,16H2,1-2H3,(H2,29,37)(H,31,32,38)/b10-9+/t20-,24?/m0/s1. The van der Waals surface area contributed by atoms with Crippen LogP contribution in [0.2, 0.25) is 0 Å². The van der Waals surface area contributed by atoms with Crippen LogP contribution in [0.3, 0.4) is 0 Å². The monoisotopic (exact) mass is 529 g/mol. The van der Waals surface area contributed by atoms with Crippen molar-refractivity contribution in [1.29, 1.82) is 0 Å². The fourth-order valence-corrected chi connectivity index (χ4v) is 4.73. The summed E-state index contributed by atoms with van der Waals surface area (Å²) in [6, 6.07) is 14.4. The number of nitrogens with two attached hydrogens (primary N) is 1. The van der Waals surface area contributed by atoms with Crippen LogP contribution in [-0.2, 0) is 6.54 Å². The van der Waals surface area contributed by atoms with Gasteiger partial charge in [0.2, 0.25) is 11.9 Å². The number of hydrogen-bond donors (Lipinski definition) is 4. The molecule has 0 radical (unpaired) electrons. The van der Waals surface area contributed by atoms with Crippen LogP contribution in [0.4, 0.5) is 5.95 Å². The largest absolute Gasteiger partial charge is 0.489 e. The van der Waals surface area contributed by atoms with Crippen LogP contribution in [0.25, 0.3) is 17.1 Å². The number of anilines is 1. The summed E-state index contributed by atoms with van der Waals surface area (Å²) in [6.45, 7) is 5.05. The highest BCUT2D eigenvalue weighted by molar-refractivity contribution is 6.04. The van der Waals surface area contributed by atoms with Gasteiger partial charge in [0.1, 0.15) is 29.8 Å². The molecule has 0 saturated carbocycles. The third-order valence-corrected chi connectivity index (χ3v) is 6.59. The Morgan fingerprint density at radius 3 is 2.79 bits per heavy atom. The maximum atomic E-state index is 13.2. The van der Waals surface area contributed by atoms with E-state index in [0.29, 0.717) is 47.9 Å². The molecule has 11 nitrogen and oxygen atoms in total. The molecule has 0 spiro atoms. The lowest BCUT2D eigenvalue weighted by Crippen LogP contribution is -2.32. The first-order valence-electron chi connectivity index (χ1n) is 12.8. The number of carbonyl (C=O) groups is 2. The molecular weight excluding hydrogens is 498 g/mol. The summed E-state index contributed by atoms with van der Waals surface area (Å²) in [5.74, 6) is -0.135. The number of aryl methyl sites for hydroxylation is 2. The van der Waals surface area contributed by atoms with Gasteiger partial charge in [0, 0.05) is 12.1 Å². The van der Waals surface area contributed by atoms with E-state index in [2.05, 4.69) is 20.7 Å². The average molecular weight is 530 g/mol. The smallest absolute Gasteiger partial charge is 0.276 e. The predicted octanol–water partition coefficient (Wildman–Crippen LogP) is 2.86. The summed E-state index contributed by atoms with van der Waals surface area (Å²) < 4.78 is 9.56. The molecule has 202 valence electrons. The Kier molecular flexibility index (Phi) is 7.44. The van der Waals surface area contributed by atoms with Crippen molar-refractivity contribution in [3.63, 3.8) is 0 Å². The molecule has 1 aliphatic rings. The zero-order valence-corrected chi connectivity index (χ0v) is 21.8.